The lowest BCUT2D eigenvalue weighted by Crippen LogP contribution is -2.42. The molecule has 0 radical (unpaired) electrons. The molecule has 2 aliphatic heterocycles. The Bertz CT molecular complexity index is 1040. The van der Waals surface area contributed by atoms with Gasteiger partial charge >= 0.3 is 0 Å². The van der Waals surface area contributed by atoms with Gasteiger partial charge in [-0.05, 0) is 48.1 Å². The summed E-state index contributed by atoms with van der Waals surface area (Å²) >= 11 is 2.21. The van der Waals surface area contributed by atoms with Gasteiger partial charge in [-0.2, -0.15) is 0 Å². The molecule has 5 heteroatoms. The molecule has 2 aromatic carbocycles. The van der Waals surface area contributed by atoms with E-state index < -0.39 is 5.41 Å². The molecule has 0 bridgehead atoms. The molecule has 1 spiro atoms. The predicted molar refractivity (Wildman–Crippen MR) is 113 cm³/mol. The highest BCUT2D eigenvalue weighted by atomic mass is 127. The topological polar surface area (TPSA) is 46.6 Å². The summed E-state index contributed by atoms with van der Waals surface area (Å²) in [6.45, 7) is 3.26. The number of anilines is 1. The highest BCUT2D eigenvalue weighted by molar-refractivity contribution is 14.1. The zero-order chi connectivity index (χ0) is 19.3. The fourth-order valence-corrected chi connectivity index (χ4v) is 4.99. The van der Waals surface area contributed by atoms with Crippen LogP contribution < -0.4 is 4.90 Å². The van der Waals surface area contributed by atoms with Crippen molar-refractivity contribution >= 4 is 43.5 Å². The monoisotopic (exact) mass is 471 g/mol. The first-order valence-electron chi connectivity index (χ1n) is 8.64. The Morgan fingerprint density at radius 1 is 1.07 bits per heavy atom. The largest absolute Gasteiger partial charge is 0.463 e. The number of Topliss-reactive ketones (excluding diaryl/α,β-unsaturated/α-hetero) is 1. The zero-order valence-corrected chi connectivity index (χ0v) is 17.4. The number of nitrogens with zero attached hydrogens (tertiary/aromatic N) is 1. The van der Waals surface area contributed by atoms with E-state index in [1.165, 1.54) is 6.92 Å². The molecule has 0 fully saturated rings. The lowest BCUT2D eigenvalue weighted by atomic mass is 9.72. The van der Waals surface area contributed by atoms with Crippen LogP contribution in [0, 0.1) is 0 Å². The van der Waals surface area contributed by atoms with Crippen LogP contribution in [0.2, 0.25) is 0 Å². The molecular formula is C22H18INO3. The van der Waals surface area contributed by atoms with E-state index in [0.717, 1.165) is 20.4 Å². The van der Waals surface area contributed by atoms with Crippen molar-refractivity contribution in [1.29, 1.82) is 0 Å². The lowest BCUT2D eigenvalue weighted by Gasteiger charge is -2.26. The maximum atomic E-state index is 13.6. The van der Waals surface area contributed by atoms with Crippen LogP contribution in [0.4, 0.5) is 5.69 Å². The van der Waals surface area contributed by atoms with Gasteiger partial charge < -0.3 is 9.64 Å². The number of likely N-dealkylation sites (N-methyl/N-ethyl adjacent to an activating group) is 1. The van der Waals surface area contributed by atoms with Gasteiger partial charge in [-0.3, -0.25) is 9.59 Å². The van der Waals surface area contributed by atoms with Crippen LogP contribution in [-0.2, 0) is 19.7 Å². The van der Waals surface area contributed by atoms with Crippen molar-refractivity contribution in [1.82, 2.24) is 0 Å². The third kappa shape index (κ3) is 2.34. The first-order valence-corrected chi connectivity index (χ1v) is 9.72. The maximum Gasteiger partial charge on any atom is 0.250 e. The van der Waals surface area contributed by atoms with Gasteiger partial charge in [-0.1, -0.05) is 48.5 Å². The highest BCUT2D eigenvalue weighted by Gasteiger charge is 2.62. The van der Waals surface area contributed by atoms with E-state index in [9.17, 15) is 9.59 Å². The number of amides is 1. The minimum atomic E-state index is -1.23. The van der Waals surface area contributed by atoms with Crippen LogP contribution in [0.5, 0.6) is 0 Å². The van der Waals surface area contributed by atoms with Gasteiger partial charge in [0.2, 0.25) is 5.91 Å². The highest BCUT2D eigenvalue weighted by Crippen LogP contribution is 2.57. The average Bonchev–Trinajstić information content (AvgIpc) is 3.10. The van der Waals surface area contributed by atoms with E-state index in [2.05, 4.69) is 22.6 Å². The molecular weight excluding hydrogens is 453 g/mol. The Morgan fingerprint density at radius 2 is 1.70 bits per heavy atom. The summed E-state index contributed by atoms with van der Waals surface area (Å²) in [6, 6.07) is 17.4. The zero-order valence-electron chi connectivity index (χ0n) is 15.2. The van der Waals surface area contributed by atoms with Crippen molar-refractivity contribution in [3.05, 3.63) is 82.8 Å². The second-order valence-electron chi connectivity index (χ2n) is 6.73. The molecule has 0 aromatic heterocycles. The molecule has 2 aliphatic rings. The molecule has 136 valence electrons. The summed E-state index contributed by atoms with van der Waals surface area (Å²) in [4.78, 5) is 27.9. The van der Waals surface area contributed by atoms with Gasteiger partial charge in [0.1, 0.15) is 11.5 Å². The summed E-state index contributed by atoms with van der Waals surface area (Å²) in [7, 11) is 1.74. The van der Waals surface area contributed by atoms with E-state index in [1.807, 2.05) is 54.6 Å². The van der Waals surface area contributed by atoms with Gasteiger partial charge in [0.05, 0.1) is 9.15 Å². The number of ketones is 1. The smallest absolute Gasteiger partial charge is 0.250 e. The second kappa shape index (κ2) is 6.34. The minimum Gasteiger partial charge on any atom is -0.463 e. The van der Waals surface area contributed by atoms with Crippen LogP contribution >= 0.6 is 22.6 Å². The third-order valence-electron chi connectivity index (χ3n) is 5.20. The average molecular weight is 471 g/mol. The maximum absolute atomic E-state index is 13.6. The standard InChI is InChI=1S/C22H18INO3/c1-13(25)18-14(2)27-20(19(23)15-9-5-4-6-10-15)22(18)16-11-7-8-12-17(16)24(3)21(22)26/h4-12H,1-3H3/b20-19+. The molecule has 0 saturated heterocycles. The SMILES string of the molecule is CC(=O)C1=C(C)O/C(=C(/I)c2ccccc2)C12C(=O)N(C)c1ccccc12. The van der Waals surface area contributed by atoms with Gasteiger partial charge in [-0.25, -0.2) is 0 Å². The number of hydrogen-bond acceptors (Lipinski definition) is 3. The van der Waals surface area contributed by atoms with Crippen molar-refractivity contribution in [2.24, 2.45) is 0 Å². The van der Waals surface area contributed by atoms with Crippen LogP contribution in [0.15, 0.2) is 71.7 Å². The summed E-state index contributed by atoms with van der Waals surface area (Å²) in [6.07, 6.45) is 0. The minimum absolute atomic E-state index is 0.154. The third-order valence-corrected chi connectivity index (χ3v) is 6.31. The second-order valence-corrected chi connectivity index (χ2v) is 7.81. The first-order chi connectivity index (χ1) is 12.9. The van der Waals surface area contributed by atoms with Gasteiger partial charge in [0.15, 0.2) is 11.2 Å². The fraction of sp³-hybridized carbons (Fsp3) is 0.182. The molecule has 0 aliphatic carbocycles. The van der Waals surface area contributed by atoms with E-state index in [0.29, 0.717) is 17.1 Å². The molecule has 1 unspecified atom stereocenters. The van der Waals surface area contributed by atoms with Crippen molar-refractivity contribution in [3.8, 4) is 0 Å². The Hall–Kier alpha value is -2.41. The molecule has 27 heavy (non-hydrogen) atoms. The van der Waals surface area contributed by atoms with Crippen LogP contribution in [0.3, 0.4) is 0 Å². The molecule has 1 atom stereocenters. The molecule has 4 rings (SSSR count). The number of allylic oxidation sites excluding steroid dienone is 1. The van der Waals surface area contributed by atoms with Crippen molar-refractivity contribution in [3.63, 3.8) is 0 Å². The summed E-state index contributed by atoms with van der Waals surface area (Å²) < 4.78 is 6.97. The van der Waals surface area contributed by atoms with E-state index >= 15 is 0 Å². The number of halogens is 1. The molecule has 0 N–H and O–H groups in total. The predicted octanol–water partition coefficient (Wildman–Crippen LogP) is 4.60. The number of benzene rings is 2. The molecule has 2 aromatic rings. The number of rotatable bonds is 2. The van der Waals surface area contributed by atoms with Crippen molar-refractivity contribution in [2.45, 2.75) is 19.3 Å². The number of para-hydroxylation sites is 1. The van der Waals surface area contributed by atoms with E-state index in [1.54, 1.807) is 18.9 Å². The van der Waals surface area contributed by atoms with E-state index in [-0.39, 0.29) is 11.7 Å². The number of carbonyl (C=O) groups is 2. The number of carbonyl (C=O) groups excluding carboxylic acids is 2. The van der Waals surface area contributed by atoms with E-state index in [4.69, 9.17) is 4.74 Å². The molecule has 2 heterocycles. The number of fused-ring (bicyclic) bond motifs is 2. The summed E-state index contributed by atoms with van der Waals surface area (Å²) in [5.74, 6) is 0.684. The van der Waals surface area contributed by atoms with Crippen LogP contribution in [0.25, 0.3) is 3.58 Å². The Labute approximate surface area is 171 Å². The number of hydrogen-bond donors (Lipinski definition) is 0. The summed E-state index contributed by atoms with van der Waals surface area (Å²) in [5, 5.41) is 0. The Kier molecular flexibility index (Phi) is 4.22. The van der Waals surface area contributed by atoms with Gasteiger partial charge in [0, 0.05) is 18.3 Å². The van der Waals surface area contributed by atoms with Gasteiger partial charge in [0.25, 0.3) is 0 Å². The lowest BCUT2D eigenvalue weighted by molar-refractivity contribution is -0.123. The summed E-state index contributed by atoms with van der Waals surface area (Å²) in [5.41, 5.74) is 1.73. The van der Waals surface area contributed by atoms with Crippen LogP contribution in [0.1, 0.15) is 25.0 Å². The molecule has 0 saturated carbocycles. The molecule has 4 nitrogen and oxygen atoms in total. The van der Waals surface area contributed by atoms with Crippen molar-refractivity contribution < 1.29 is 14.3 Å². The van der Waals surface area contributed by atoms with Crippen LogP contribution in [-0.4, -0.2) is 18.7 Å². The van der Waals surface area contributed by atoms with Gasteiger partial charge in [-0.15, -0.1) is 0 Å². The Balaban J connectivity index is 2.10. The fourth-order valence-electron chi connectivity index (χ4n) is 4.12. The number of ether oxygens (including phenoxy) is 1. The normalized spacial score (nSPS) is 23.0. The Morgan fingerprint density at radius 3 is 2.37 bits per heavy atom. The van der Waals surface area contributed by atoms with Crippen molar-refractivity contribution in [2.75, 3.05) is 11.9 Å². The molecule has 1 amide bonds. The first kappa shape index (κ1) is 18.0. The quantitative estimate of drug-likeness (QED) is 0.602.